The van der Waals surface area contributed by atoms with Gasteiger partial charge in [0.1, 0.15) is 6.04 Å². The molecule has 1 N–H and O–H groups in total. The maximum Gasteiger partial charge on any atom is 0.253 e. The Morgan fingerprint density at radius 2 is 1.95 bits per heavy atom. The van der Waals surface area contributed by atoms with Crippen molar-refractivity contribution in [2.24, 2.45) is 0 Å². The largest absolute Gasteiger partial charge is 0.376 e. The number of H-pyrrole nitrogens is 1. The summed E-state index contributed by atoms with van der Waals surface area (Å²) in [7, 11) is 0. The molecule has 2 aromatic heterocycles. The van der Waals surface area contributed by atoms with Gasteiger partial charge in [0.15, 0.2) is 5.82 Å². The van der Waals surface area contributed by atoms with Crippen molar-refractivity contribution in [3.8, 4) is 0 Å². The molecule has 2 aromatic carbocycles. The zero-order chi connectivity index (χ0) is 26.2. The molecule has 6 rings (SSSR count). The number of pyridine rings is 1. The van der Waals surface area contributed by atoms with E-state index in [1.807, 2.05) is 35.0 Å². The van der Waals surface area contributed by atoms with E-state index >= 15 is 0 Å². The molecule has 2 atom stereocenters. The molecule has 0 bridgehead atoms. The summed E-state index contributed by atoms with van der Waals surface area (Å²) in [6, 6.07) is 13.7. The van der Waals surface area contributed by atoms with Crippen molar-refractivity contribution < 1.29 is 4.74 Å². The van der Waals surface area contributed by atoms with Crippen molar-refractivity contribution in [1.29, 1.82) is 0 Å². The minimum absolute atomic E-state index is 0.0816. The van der Waals surface area contributed by atoms with E-state index in [2.05, 4.69) is 56.3 Å². The highest BCUT2D eigenvalue weighted by Crippen LogP contribution is 2.31. The SMILES string of the molecule is Cc1ccc2[nH]c(=O)c([C@@H](c3nnnn3C[C@@H]3CCCO3)N3CCN(c4cc(Cl)ccc4C)CC3)cc2c1. The smallest absolute Gasteiger partial charge is 0.253 e. The van der Waals surface area contributed by atoms with Gasteiger partial charge in [-0.3, -0.25) is 9.69 Å². The molecule has 0 spiro atoms. The lowest BCUT2D eigenvalue weighted by atomic mass is 10.0. The lowest BCUT2D eigenvalue weighted by Gasteiger charge is -2.40. The number of piperazine rings is 1. The van der Waals surface area contributed by atoms with E-state index in [-0.39, 0.29) is 17.7 Å². The first kappa shape index (κ1) is 25.0. The summed E-state index contributed by atoms with van der Waals surface area (Å²) in [5.74, 6) is 0.672. The first-order chi connectivity index (χ1) is 18.5. The Kier molecular flexibility index (Phi) is 6.90. The Hall–Kier alpha value is -3.27. The minimum atomic E-state index is -0.386. The van der Waals surface area contributed by atoms with E-state index < -0.39 is 0 Å². The normalized spacial score (nSPS) is 19.3. The number of aromatic nitrogens is 5. The number of fused-ring (bicyclic) bond motifs is 1. The van der Waals surface area contributed by atoms with E-state index in [9.17, 15) is 4.79 Å². The van der Waals surface area contributed by atoms with Crippen molar-refractivity contribution in [3.63, 3.8) is 0 Å². The van der Waals surface area contributed by atoms with Gasteiger partial charge in [-0.1, -0.05) is 29.3 Å². The van der Waals surface area contributed by atoms with E-state index in [0.717, 1.165) is 72.8 Å². The average molecular weight is 534 g/mol. The summed E-state index contributed by atoms with van der Waals surface area (Å²) in [4.78, 5) is 21.3. The predicted octanol–water partition coefficient (Wildman–Crippen LogP) is 3.88. The molecule has 0 radical (unpaired) electrons. The highest BCUT2D eigenvalue weighted by Gasteiger charge is 2.33. The number of nitrogens with zero attached hydrogens (tertiary/aromatic N) is 6. The molecule has 4 aromatic rings. The highest BCUT2D eigenvalue weighted by molar-refractivity contribution is 6.30. The molecule has 0 saturated carbocycles. The van der Waals surface area contributed by atoms with Crippen LogP contribution in [-0.2, 0) is 11.3 Å². The van der Waals surface area contributed by atoms with Crippen LogP contribution in [0.2, 0.25) is 5.02 Å². The molecule has 2 aliphatic rings. The van der Waals surface area contributed by atoms with Gasteiger partial charge in [-0.25, -0.2) is 4.68 Å². The molecule has 0 unspecified atom stereocenters. The van der Waals surface area contributed by atoms with Crippen LogP contribution in [0.15, 0.2) is 47.3 Å². The van der Waals surface area contributed by atoms with E-state index in [0.29, 0.717) is 17.9 Å². The van der Waals surface area contributed by atoms with Crippen LogP contribution in [0.4, 0.5) is 5.69 Å². The molecule has 38 heavy (non-hydrogen) atoms. The van der Waals surface area contributed by atoms with Gasteiger partial charge in [0.2, 0.25) is 0 Å². The average Bonchev–Trinajstić information content (AvgIpc) is 3.60. The molecule has 0 amide bonds. The number of rotatable bonds is 6. The maximum atomic E-state index is 13.5. The fourth-order valence-electron chi connectivity index (χ4n) is 5.71. The minimum Gasteiger partial charge on any atom is -0.376 e. The number of aryl methyl sites for hydroxylation is 2. The zero-order valence-electron chi connectivity index (χ0n) is 21.7. The van der Waals surface area contributed by atoms with Crippen LogP contribution in [0.25, 0.3) is 10.9 Å². The molecule has 2 saturated heterocycles. The van der Waals surface area contributed by atoms with Gasteiger partial charge in [-0.2, -0.15) is 0 Å². The fraction of sp³-hybridized carbons (Fsp3) is 0.429. The Bertz CT molecular complexity index is 1500. The van der Waals surface area contributed by atoms with Crippen molar-refractivity contribution in [3.05, 3.63) is 80.4 Å². The number of benzene rings is 2. The third-order valence-corrected chi connectivity index (χ3v) is 7.95. The summed E-state index contributed by atoms with van der Waals surface area (Å²) < 4.78 is 7.70. The number of hydrogen-bond donors (Lipinski definition) is 1. The second-order valence-electron chi connectivity index (χ2n) is 10.4. The van der Waals surface area contributed by atoms with Gasteiger partial charge < -0.3 is 14.6 Å². The van der Waals surface area contributed by atoms with E-state index in [4.69, 9.17) is 16.3 Å². The topological polar surface area (TPSA) is 92.2 Å². The van der Waals surface area contributed by atoms with Crippen molar-refractivity contribution in [2.45, 2.75) is 45.4 Å². The van der Waals surface area contributed by atoms with Crippen LogP contribution in [-0.4, -0.2) is 69.0 Å². The predicted molar refractivity (Wildman–Crippen MR) is 148 cm³/mol. The molecule has 0 aliphatic carbocycles. The van der Waals surface area contributed by atoms with Crippen molar-refractivity contribution in [1.82, 2.24) is 30.1 Å². The van der Waals surface area contributed by atoms with E-state index in [1.54, 1.807) is 0 Å². The Labute approximate surface area is 226 Å². The van der Waals surface area contributed by atoms with Crippen LogP contribution in [0, 0.1) is 13.8 Å². The second-order valence-corrected chi connectivity index (χ2v) is 10.8. The van der Waals surface area contributed by atoms with Gasteiger partial charge in [0, 0.05) is 54.6 Å². The number of hydrogen-bond acceptors (Lipinski definition) is 7. The Balaban J connectivity index is 1.37. The first-order valence-corrected chi connectivity index (χ1v) is 13.6. The number of ether oxygens (including phenoxy) is 1. The molecule has 198 valence electrons. The molecule has 2 fully saturated rings. The number of halogens is 1. The molecule has 4 heterocycles. The standard InChI is InChI=1S/C28H32ClN7O2/c1-18-5-8-24-20(14-18)15-23(28(37)30-24)26(27-31-32-33-36(27)17-22-4-3-13-38-22)35-11-9-34(10-12-35)25-16-21(29)7-6-19(25)2/h5-8,14-16,22,26H,3-4,9-13,17H2,1-2H3,(H,30,37)/t22-,26-/m0/s1. The summed E-state index contributed by atoms with van der Waals surface area (Å²) in [5.41, 5.74) is 4.84. The molecule has 9 nitrogen and oxygen atoms in total. The number of aromatic amines is 1. The van der Waals surface area contributed by atoms with Crippen LogP contribution >= 0.6 is 11.6 Å². The van der Waals surface area contributed by atoms with Crippen LogP contribution in [0.1, 0.15) is 41.4 Å². The van der Waals surface area contributed by atoms with Crippen molar-refractivity contribution in [2.75, 3.05) is 37.7 Å². The monoisotopic (exact) mass is 533 g/mol. The summed E-state index contributed by atoms with van der Waals surface area (Å²) in [5, 5.41) is 14.6. The molecule has 2 aliphatic heterocycles. The molecule has 10 heteroatoms. The highest BCUT2D eigenvalue weighted by atomic mass is 35.5. The number of anilines is 1. The lowest BCUT2D eigenvalue weighted by Crippen LogP contribution is -2.49. The van der Waals surface area contributed by atoms with Crippen LogP contribution < -0.4 is 10.5 Å². The zero-order valence-corrected chi connectivity index (χ0v) is 22.5. The Morgan fingerprint density at radius 1 is 1.11 bits per heavy atom. The fourth-order valence-corrected chi connectivity index (χ4v) is 5.87. The first-order valence-electron chi connectivity index (χ1n) is 13.2. The molecular formula is C28H32ClN7O2. The van der Waals surface area contributed by atoms with Gasteiger partial charge in [-0.15, -0.1) is 5.10 Å². The summed E-state index contributed by atoms with van der Waals surface area (Å²) in [6.45, 7) is 8.59. The van der Waals surface area contributed by atoms with E-state index in [1.165, 1.54) is 5.56 Å². The third-order valence-electron chi connectivity index (χ3n) is 7.72. The van der Waals surface area contributed by atoms with Crippen LogP contribution in [0.3, 0.4) is 0 Å². The van der Waals surface area contributed by atoms with Gasteiger partial charge in [0.05, 0.1) is 12.6 Å². The number of tetrazole rings is 1. The van der Waals surface area contributed by atoms with Crippen molar-refractivity contribution >= 4 is 28.2 Å². The second kappa shape index (κ2) is 10.5. The van der Waals surface area contributed by atoms with Crippen LogP contribution in [0.5, 0.6) is 0 Å². The molecular weight excluding hydrogens is 502 g/mol. The third kappa shape index (κ3) is 4.93. The lowest BCUT2D eigenvalue weighted by molar-refractivity contribution is 0.0906. The van der Waals surface area contributed by atoms with Gasteiger partial charge in [-0.05, 0) is 78.4 Å². The van der Waals surface area contributed by atoms with Gasteiger partial charge >= 0.3 is 0 Å². The van der Waals surface area contributed by atoms with Gasteiger partial charge in [0.25, 0.3) is 5.56 Å². The quantitative estimate of drug-likeness (QED) is 0.402. The summed E-state index contributed by atoms with van der Waals surface area (Å²) in [6.07, 6.45) is 2.11. The summed E-state index contributed by atoms with van der Waals surface area (Å²) >= 11 is 6.32. The maximum absolute atomic E-state index is 13.5. The number of nitrogens with one attached hydrogen (secondary N) is 1. The Morgan fingerprint density at radius 3 is 2.74 bits per heavy atom.